The molecule has 0 spiro atoms. The van der Waals surface area contributed by atoms with Gasteiger partial charge in [-0.1, -0.05) is 6.07 Å². The van der Waals surface area contributed by atoms with Gasteiger partial charge in [0, 0.05) is 44.3 Å². The molecular weight excluding hydrogens is 455 g/mol. The van der Waals surface area contributed by atoms with Crippen molar-refractivity contribution in [3.8, 4) is 5.75 Å². The molecule has 35 heavy (non-hydrogen) atoms. The van der Waals surface area contributed by atoms with E-state index in [-0.39, 0.29) is 17.5 Å². The molecule has 1 atom stereocenters. The van der Waals surface area contributed by atoms with Crippen molar-refractivity contribution in [3.63, 3.8) is 0 Å². The molecule has 1 heterocycles. The van der Waals surface area contributed by atoms with Gasteiger partial charge in [0.2, 0.25) is 0 Å². The van der Waals surface area contributed by atoms with Crippen molar-refractivity contribution in [2.75, 3.05) is 53.4 Å². The molecule has 0 aromatic heterocycles. The Balaban J connectivity index is 1.58. The van der Waals surface area contributed by atoms with Gasteiger partial charge in [0.25, 0.3) is 5.91 Å². The van der Waals surface area contributed by atoms with E-state index < -0.39 is 11.7 Å². The minimum atomic E-state index is -4.41. The van der Waals surface area contributed by atoms with E-state index in [0.29, 0.717) is 32.8 Å². The standard InChI is InChI=1S/C27H36F3N3O2/c1-19-20(2)25(35-18-6-13-31(4)5)12-11-24(19)21(3)32-14-16-33(17-15-32)26(34)22-7-9-23(10-8-22)27(28,29)30/h7-12,21H,6,13-18H2,1-5H3/t21-/m0/s1. The fourth-order valence-corrected chi connectivity index (χ4v) is 4.48. The van der Waals surface area contributed by atoms with Crippen LogP contribution in [0.15, 0.2) is 36.4 Å². The van der Waals surface area contributed by atoms with Crippen LogP contribution in [0.25, 0.3) is 0 Å². The van der Waals surface area contributed by atoms with Gasteiger partial charge in [0.15, 0.2) is 0 Å². The lowest BCUT2D eigenvalue weighted by Gasteiger charge is -2.39. The number of amides is 1. The smallest absolute Gasteiger partial charge is 0.416 e. The summed E-state index contributed by atoms with van der Waals surface area (Å²) in [6, 6.07) is 8.81. The summed E-state index contributed by atoms with van der Waals surface area (Å²) >= 11 is 0. The van der Waals surface area contributed by atoms with E-state index in [2.05, 4.69) is 50.7 Å². The van der Waals surface area contributed by atoms with Gasteiger partial charge in [-0.05, 0) is 88.3 Å². The first-order valence-corrected chi connectivity index (χ1v) is 12.1. The summed E-state index contributed by atoms with van der Waals surface area (Å²) in [6.45, 7) is 10.5. The molecule has 8 heteroatoms. The maximum Gasteiger partial charge on any atom is 0.416 e. The molecule has 0 N–H and O–H groups in total. The minimum Gasteiger partial charge on any atom is -0.493 e. The highest BCUT2D eigenvalue weighted by molar-refractivity contribution is 5.94. The monoisotopic (exact) mass is 491 g/mol. The predicted molar refractivity (Wildman–Crippen MR) is 132 cm³/mol. The largest absolute Gasteiger partial charge is 0.493 e. The SMILES string of the molecule is Cc1c(OCCCN(C)C)ccc([C@H](C)N2CCN(C(=O)c3ccc(C(F)(F)F)cc3)CC2)c1C. The van der Waals surface area contributed by atoms with E-state index in [1.54, 1.807) is 4.90 Å². The highest BCUT2D eigenvalue weighted by atomic mass is 19.4. The molecule has 1 aliphatic rings. The molecule has 1 fully saturated rings. The van der Waals surface area contributed by atoms with Crippen LogP contribution in [0.2, 0.25) is 0 Å². The molecule has 0 radical (unpaired) electrons. The molecule has 192 valence electrons. The second-order valence-electron chi connectivity index (χ2n) is 9.49. The zero-order valence-electron chi connectivity index (χ0n) is 21.3. The number of ether oxygens (including phenoxy) is 1. The van der Waals surface area contributed by atoms with E-state index >= 15 is 0 Å². The van der Waals surface area contributed by atoms with E-state index in [1.165, 1.54) is 23.3 Å². The van der Waals surface area contributed by atoms with Crippen molar-refractivity contribution in [1.29, 1.82) is 0 Å². The summed E-state index contributed by atoms with van der Waals surface area (Å²) < 4.78 is 44.4. The summed E-state index contributed by atoms with van der Waals surface area (Å²) in [5.41, 5.74) is 3.14. The number of rotatable bonds is 8. The number of nitrogens with zero attached hydrogens (tertiary/aromatic N) is 3. The summed E-state index contributed by atoms with van der Waals surface area (Å²) in [6.07, 6.45) is -3.44. The Bertz CT molecular complexity index is 998. The Morgan fingerprint density at radius 1 is 1.00 bits per heavy atom. The quantitative estimate of drug-likeness (QED) is 0.478. The van der Waals surface area contributed by atoms with Crippen molar-refractivity contribution >= 4 is 5.91 Å². The zero-order valence-corrected chi connectivity index (χ0v) is 21.3. The van der Waals surface area contributed by atoms with Crippen LogP contribution in [-0.2, 0) is 6.18 Å². The Morgan fingerprint density at radius 2 is 1.63 bits per heavy atom. The van der Waals surface area contributed by atoms with Gasteiger partial charge in [0.1, 0.15) is 5.75 Å². The number of halogens is 3. The number of carbonyl (C=O) groups excluding carboxylic acids is 1. The van der Waals surface area contributed by atoms with Crippen LogP contribution < -0.4 is 4.74 Å². The van der Waals surface area contributed by atoms with Crippen LogP contribution in [-0.4, -0.2) is 74.0 Å². The van der Waals surface area contributed by atoms with Crippen LogP contribution in [0.4, 0.5) is 13.2 Å². The normalized spacial score (nSPS) is 16.0. The maximum atomic E-state index is 12.8. The third kappa shape index (κ3) is 6.76. The van der Waals surface area contributed by atoms with Gasteiger partial charge < -0.3 is 14.5 Å². The van der Waals surface area contributed by atoms with Gasteiger partial charge in [-0.25, -0.2) is 0 Å². The number of alkyl halides is 3. The molecule has 1 amide bonds. The highest BCUT2D eigenvalue weighted by Gasteiger charge is 2.31. The van der Waals surface area contributed by atoms with Crippen LogP contribution in [0.5, 0.6) is 5.75 Å². The number of hydrogen-bond donors (Lipinski definition) is 0. The molecule has 1 saturated heterocycles. The minimum absolute atomic E-state index is 0.180. The Morgan fingerprint density at radius 3 is 2.20 bits per heavy atom. The molecule has 0 aliphatic carbocycles. The molecule has 3 rings (SSSR count). The number of benzene rings is 2. The Labute approximate surface area is 206 Å². The Hall–Kier alpha value is -2.58. The van der Waals surface area contributed by atoms with Gasteiger partial charge >= 0.3 is 6.18 Å². The van der Waals surface area contributed by atoms with Gasteiger partial charge in [0.05, 0.1) is 12.2 Å². The van der Waals surface area contributed by atoms with E-state index in [1.807, 2.05) is 6.07 Å². The van der Waals surface area contributed by atoms with Crippen LogP contribution in [0, 0.1) is 13.8 Å². The lowest BCUT2D eigenvalue weighted by Crippen LogP contribution is -2.49. The molecular formula is C27H36F3N3O2. The van der Waals surface area contributed by atoms with Crippen LogP contribution in [0.1, 0.15) is 52.0 Å². The Kier molecular flexibility index (Phi) is 8.83. The second-order valence-corrected chi connectivity index (χ2v) is 9.49. The lowest BCUT2D eigenvalue weighted by atomic mass is 9.96. The van der Waals surface area contributed by atoms with E-state index in [0.717, 1.165) is 36.4 Å². The number of hydrogen-bond acceptors (Lipinski definition) is 4. The molecule has 5 nitrogen and oxygen atoms in total. The lowest BCUT2D eigenvalue weighted by molar-refractivity contribution is -0.137. The first kappa shape index (κ1) is 27.0. The van der Waals surface area contributed by atoms with Crippen molar-refractivity contribution in [3.05, 3.63) is 64.2 Å². The molecule has 0 bridgehead atoms. The average molecular weight is 492 g/mol. The van der Waals surface area contributed by atoms with Gasteiger partial charge in [-0.15, -0.1) is 0 Å². The first-order chi connectivity index (χ1) is 16.5. The summed E-state index contributed by atoms with van der Waals surface area (Å²) in [4.78, 5) is 19.0. The fourth-order valence-electron chi connectivity index (χ4n) is 4.48. The predicted octanol–water partition coefficient (Wildman–Crippen LogP) is 5.17. The maximum absolute atomic E-state index is 12.8. The first-order valence-electron chi connectivity index (χ1n) is 12.1. The molecule has 0 unspecified atom stereocenters. The molecule has 2 aromatic rings. The van der Waals surface area contributed by atoms with Gasteiger partial charge in [-0.2, -0.15) is 13.2 Å². The van der Waals surface area contributed by atoms with Crippen molar-refractivity contribution in [2.24, 2.45) is 0 Å². The van der Waals surface area contributed by atoms with Crippen LogP contribution >= 0.6 is 0 Å². The molecule has 2 aromatic carbocycles. The third-order valence-electron chi connectivity index (χ3n) is 6.85. The second kappa shape index (κ2) is 11.4. The fraction of sp³-hybridized carbons (Fsp3) is 0.519. The number of piperazine rings is 1. The van der Waals surface area contributed by atoms with Crippen molar-refractivity contribution in [1.82, 2.24) is 14.7 Å². The highest BCUT2D eigenvalue weighted by Crippen LogP contribution is 2.32. The molecule has 1 aliphatic heterocycles. The number of carbonyl (C=O) groups is 1. The average Bonchev–Trinajstić information content (AvgIpc) is 2.83. The van der Waals surface area contributed by atoms with Crippen molar-refractivity contribution < 1.29 is 22.7 Å². The van der Waals surface area contributed by atoms with E-state index in [9.17, 15) is 18.0 Å². The topological polar surface area (TPSA) is 36.0 Å². The zero-order chi connectivity index (χ0) is 25.8. The van der Waals surface area contributed by atoms with E-state index in [4.69, 9.17) is 4.74 Å². The third-order valence-corrected chi connectivity index (χ3v) is 6.85. The summed E-state index contributed by atoms with van der Waals surface area (Å²) in [5.74, 6) is 0.693. The summed E-state index contributed by atoms with van der Waals surface area (Å²) in [5, 5.41) is 0. The molecule has 0 saturated carbocycles. The van der Waals surface area contributed by atoms with Gasteiger partial charge in [-0.3, -0.25) is 9.69 Å². The van der Waals surface area contributed by atoms with Crippen LogP contribution in [0.3, 0.4) is 0 Å². The summed E-state index contributed by atoms with van der Waals surface area (Å²) in [7, 11) is 4.10. The van der Waals surface area contributed by atoms with Crippen molar-refractivity contribution in [2.45, 2.75) is 39.4 Å².